The lowest BCUT2D eigenvalue weighted by Gasteiger charge is -2.09. The first-order valence-corrected chi connectivity index (χ1v) is 12.2. The smallest absolute Gasteiger partial charge is 0.314 e. The third-order valence-corrected chi connectivity index (χ3v) is 5.69. The molecule has 1 aromatic rings. The monoisotopic (exact) mass is 404 g/mol. The van der Waals surface area contributed by atoms with E-state index in [2.05, 4.69) is 19.1 Å². The molecule has 1 N–H and O–H groups in total. The molecular formula is C26H44O3. The fourth-order valence-corrected chi connectivity index (χ4v) is 3.83. The van der Waals surface area contributed by atoms with Crippen LogP contribution in [0.2, 0.25) is 0 Å². The molecule has 1 atom stereocenters. The normalized spacial score (nSPS) is 12.6. The highest BCUT2D eigenvalue weighted by molar-refractivity contribution is 5.75. The average Bonchev–Trinajstić information content (AvgIpc) is 3.24. The molecular weight excluding hydrogens is 360 g/mol. The SMILES string of the molecule is CCCCCCCCC=CCCCCCCCCCCC(C(=O)O)c1ccco1. The van der Waals surface area contributed by atoms with Crippen LogP contribution in [0.3, 0.4) is 0 Å². The van der Waals surface area contributed by atoms with E-state index in [1.54, 1.807) is 18.4 Å². The quantitative estimate of drug-likeness (QED) is 0.175. The number of allylic oxidation sites excluding steroid dienone is 2. The van der Waals surface area contributed by atoms with Gasteiger partial charge in [-0.1, -0.05) is 96.1 Å². The summed E-state index contributed by atoms with van der Waals surface area (Å²) < 4.78 is 5.26. The lowest BCUT2D eigenvalue weighted by Crippen LogP contribution is -2.10. The largest absolute Gasteiger partial charge is 0.481 e. The van der Waals surface area contributed by atoms with Gasteiger partial charge in [-0.05, 0) is 44.2 Å². The van der Waals surface area contributed by atoms with E-state index in [0.717, 1.165) is 12.8 Å². The summed E-state index contributed by atoms with van der Waals surface area (Å²) in [7, 11) is 0. The zero-order chi connectivity index (χ0) is 21.0. The van der Waals surface area contributed by atoms with Crippen LogP contribution in [0.4, 0.5) is 0 Å². The van der Waals surface area contributed by atoms with Gasteiger partial charge in [0.15, 0.2) is 0 Å². The molecule has 0 aliphatic heterocycles. The Morgan fingerprint density at radius 3 is 1.86 bits per heavy atom. The number of carboxylic acid groups (broad SMARTS) is 1. The van der Waals surface area contributed by atoms with Crippen molar-refractivity contribution in [2.75, 3.05) is 0 Å². The van der Waals surface area contributed by atoms with Gasteiger partial charge in [-0.3, -0.25) is 4.79 Å². The first kappa shape index (κ1) is 25.5. The van der Waals surface area contributed by atoms with Gasteiger partial charge < -0.3 is 9.52 Å². The van der Waals surface area contributed by atoms with Gasteiger partial charge in [-0.15, -0.1) is 0 Å². The molecule has 0 fully saturated rings. The molecule has 3 nitrogen and oxygen atoms in total. The molecule has 0 saturated heterocycles. The second-order valence-electron chi connectivity index (χ2n) is 8.34. The fourth-order valence-electron chi connectivity index (χ4n) is 3.83. The van der Waals surface area contributed by atoms with Crippen molar-refractivity contribution in [1.82, 2.24) is 0 Å². The van der Waals surface area contributed by atoms with Crippen molar-refractivity contribution in [3.05, 3.63) is 36.3 Å². The molecule has 0 aromatic carbocycles. The van der Waals surface area contributed by atoms with E-state index in [0.29, 0.717) is 12.2 Å². The molecule has 1 heterocycles. The van der Waals surface area contributed by atoms with Crippen LogP contribution >= 0.6 is 0 Å². The van der Waals surface area contributed by atoms with Crippen molar-refractivity contribution < 1.29 is 14.3 Å². The molecule has 1 rings (SSSR count). The van der Waals surface area contributed by atoms with Gasteiger partial charge in [0.25, 0.3) is 0 Å². The van der Waals surface area contributed by atoms with Gasteiger partial charge in [-0.2, -0.15) is 0 Å². The number of aliphatic carboxylic acids is 1. The number of hydrogen-bond acceptors (Lipinski definition) is 2. The highest BCUT2D eigenvalue weighted by atomic mass is 16.4. The number of unbranched alkanes of at least 4 members (excludes halogenated alkanes) is 14. The molecule has 0 aliphatic rings. The molecule has 0 spiro atoms. The summed E-state index contributed by atoms with van der Waals surface area (Å²) in [6.07, 6.45) is 27.6. The van der Waals surface area contributed by atoms with Crippen LogP contribution < -0.4 is 0 Å². The summed E-state index contributed by atoms with van der Waals surface area (Å²) in [5.41, 5.74) is 0. The minimum absolute atomic E-state index is 0.487. The molecule has 166 valence electrons. The van der Waals surface area contributed by atoms with E-state index >= 15 is 0 Å². The van der Waals surface area contributed by atoms with Crippen molar-refractivity contribution in [3.8, 4) is 0 Å². The maximum absolute atomic E-state index is 11.3. The highest BCUT2D eigenvalue weighted by Gasteiger charge is 2.21. The number of furan rings is 1. The molecule has 1 aromatic heterocycles. The van der Waals surface area contributed by atoms with Crippen LogP contribution in [0, 0.1) is 0 Å². The van der Waals surface area contributed by atoms with Crippen molar-refractivity contribution in [1.29, 1.82) is 0 Å². The summed E-state index contributed by atoms with van der Waals surface area (Å²) in [4.78, 5) is 11.3. The van der Waals surface area contributed by atoms with E-state index in [9.17, 15) is 9.90 Å². The number of carboxylic acids is 1. The summed E-state index contributed by atoms with van der Waals surface area (Å²) in [6.45, 7) is 2.27. The first-order chi connectivity index (χ1) is 14.3. The molecule has 3 heteroatoms. The van der Waals surface area contributed by atoms with Crippen molar-refractivity contribution in [2.45, 2.75) is 122 Å². The Balaban J connectivity index is 1.84. The van der Waals surface area contributed by atoms with Crippen molar-refractivity contribution >= 4 is 5.97 Å². The second-order valence-corrected chi connectivity index (χ2v) is 8.34. The Morgan fingerprint density at radius 2 is 1.38 bits per heavy atom. The second kappa shape index (κ2) is 18.5. The topological polar surface area (TPSA) is 50.4 Å². The maximum atomic E-state index is 11.3. The summed E-state index contributed by atoms with van der Waals surface area (Å²) in [5.74, 6) is -0.682. The first-order valence-electron chi connectivity index (χ1n) is 12.2. The minimum Gasteiger partial charge on any atom is -0.481 e. The minimum atomic E-state index is -0.777. The van der Waals surface area contributed by atoms with E-state index in [1.807, 2.05) is 0 Å². The third kappa shape index (κ3) is 14.2. The number of rotatable bonds is 20. The summed E-state index contributed by atoms with van der Waals surface area (Å²) in [6, 6.07) is 3.53. The van der Waals surface area contributed by atoms with Crippen LogP contribution in [0.1, 0.15) is 128 Å². The van der Waals surface area contributed by atoms with E-state index in [-0.39, 0.29) is 0 Å². The Morgan fingerprint density at radius 1 is 0.862 bits per heavy atom. The van der Waals surface area contributed by atoms with Crippen LogP contribution in [-0.4, -0.2) is 11.1 Å². The molecule has 0 aliphatic carbocycles. The van der Waals surface area contributed by atoms with Crippen molar-refractivity contribution in [2.24, 2.45) is 0 Å². The van der Waals surface area contributed by atoms with Gasteiger partial charge in [0.05, 0.1) is 6.26 Å². The maximum Gasteiger partial charge on any atom is 0.314 e. The third-order valence-electron chi connectivity index (χ3n) is 5.69. The zero-order valence-electron chi connectivity index (χ0n) is 18.7. The lowest BCUT2D eigenvalue weighted by atomic mass is 9.98. The summed E-state index contributed by atoms with van der Waals surface area (Å²) >= 11 is 0. The Hall–Kier alpha value is -1.51. The zero-order valence-corrected chi connectivity index (χ0v) is 18.7. The van der Waals surface area contributed by atoms with Gasteiger partial charge >= 0.3 is 5.97 Å². The van der Waals surface area contributed by atoms with E-state index in [1.165, 1.54) is 89.9 Å². The van der Waals surface area contributed by atoms with Gasteiger partial charge in [0.1, 0.15) is 11.7 Å². The Kier molecular flexibility index (Phi) is 16.3. The fraction of sp³-hybridized carbons (Fsp3) is 0.731. The van der Waals surface area contributed by atoms with Crippen LogP contribution in [0.25, 0.3) is 0 Å². The molecule has 0 bridgehead atoms. The predicted octanol–water partition coefficient (Wildman–Crippen LogP) is 8.66. The van der Waals surface area contributed by atoms with Crippen LogP contribution in [0.15, 0.2) is 35.0 Å². The van der Waals surface area contributed by atoms with Crippen molar-refractivity contribution in [3.63, 3.8) is 0 Å². The standard InChI is InChI=1S/C26H44O3/c1-2-3-4-5-6-7-8-9-10-11-12-13-14-15-16-17-18-19-21-24(26(27)28)25-22-20-23-29-25/h9-10,20,22-24H,2-8,11-19,21H2,1H3,(H,27,28). The Bertz CT molecular complexity index is 504. The van der Waals surface area contributed by atoms with Crippen LogP contribution in [-0.2, 0) is 4.79 Å². The van der Waals surface area contributed by atoms with E-state index in [4.69, 9.17) is 4.42 Å². The lowest BCUT2D eigenvalue weighted by molar-refractivity contribution is -0.139. The van der Waals surface area contributed by atoms with Crippen LogP contribution in [0.5, 0.6) is 0 Å². The molecule has 0 amide bonds. The van der Waals surface area contributed by atoms with E-state index < -0.39 is 11.9 Å². The predicted molar refractivity (Wildman–Crippen MR) is 122 cm³/mol. The Labute approximate surface area is 179 Å². The molecule has 0 radical (unpaired) electrons. The van der Waals surface area contributed by atoms with Gasteiger partial charge in [0, 0.05) is 0 Å². The van der Waals surface area contributed by atoms with Gasteiger partial charge in [-0.25, -0.2) is 0 Å². The number of carbonyl (C=O) groups is 1. The molecule has 0 saturated carbocycles. The highest BCUT2D eigenvalue weighted by Crippen LogP contribution is 2.23. The number of hydrogen-bond donors (Lipinski definition) is 1. The summed E-state index contributed by atoms with van der Waals surface area (Å²) in [5, 5.41) is 9.32. The van der Waals surface area contributed by atoms with Gasteiger partial charge in [0.2, 0.25) is 0 Å². The molecule has 1 unspecified atom stereocenters. The average molecular weight is 405 g/mol. The molecule has 29 heavy (non-hydrogen) atoms.